The Labute approximate surface area is 114 Å². The second kappa shape index (κ2) is 8.50. The van der Waals surface area contributed by atoms with Crippen molar-refractivity contribution in [2.75, 3.05) is 32.6 Å². The fraction of sp³-hybridized carbons (Fsp3) is 0.833. The zero-order valence-corrected chi connectivity index (χ0v) is 12.7. The van der Waals surface area contributed by atoms with Crippen molar-refractivity contribution < 1.29 is 0 Å². The highest BCUT2D eigenvalue weighted by molar-refractivity contribution is 7.98. The molecule has 1 aromatic rings. The van der Waals surface area contributed by atoms with Crippen LogP contribution in [0, 0.1) is 0 Å². The molecule has 0 aliphatic rings. The molecule has 0 aliphatic heterocycles. The van der Waals surface area contributed by atoms with E-state index in [1.165, 1.54) is 12.2 Å². The van der Waals surface area contributed by atoms with Gasteiger partial charge in [0.2, 0.25) is 0 Å². The van der Waals surface area contributed by atoms with Crippen molar-refractivity contribution in [3.8, 4) is 0 Å². The van der Waals surface area contributed by atoms with Crippen molar-refractivity contribution >= 4 is 11.8 Å². The molecule has 0 spiro atoms. The molecule has 0 aliphatic carbocycles. The molecular formula is C12H25N5S. The van der Waals surface area contributed by atoms with E-state index in [4.69, 9.17) is 0 Å². The zero-order valence-electron chi connectivity index (χ0n) is 11.9. The van der Waals surface area contributed by atoms with Crippen LogP contribution in [0.3, 0.4) is 0 Å². The first-order chi connectivity index (χ1) is 8.71. The minimum Gasteiger partial charge on any atom is -0.314 e. The lowest BCUT2D eigenvalue weighted by Crippen LogP contribution is -2.35. The number of nitrogens with zero attached hydrogens (tertiary/aromatic N) is 4. The first kappa shape index (κ1) is 15.5. The van der Waals surface area contributed by atoms with E-state index in [-0.39, 0.29) is 0 Å². The van der Waals surface area contributed by atoms with Crippen molar-refractivity contribution in [3.63, 3.8) is 0 Å². The summed E-state index contributed by atoms with van der Waals surface area (Å²) in [5.41, 5.74) is 0.997. The maximum Gasteiger partial charge on any atom is 0.0964 e. The summed E-state index contributed by atoms with van der Waals surface area (Å²) >= 11 is 1.91. The van der Waals surface area contributed by atoms with Crippen molar-refractivity contribution in [3.05, 3.63) is 11.9 Å². The standard InChI is InChI=1S/C12H25N5S/c1-5-12(10-18-4)16(3)6-7-17-9-11(8-13-2)14-15-17/h9,12-13H,5-8,10H2,1-4H3. The van der Waals surface area contributed by atoms with Crippen molar-refractivity contribution in [1.29, 1.82) is 0 Å². The van der Waals surface area contributed by atoms with Crippen LogP contribution in [0.5, 0.6) is 0 Å². The molecule has 5 nitrogen and oxygen atoms in total. The Morgan fingerprint density at radius 1 is 1.56 bits per heavy atom. The molecule has 0 bridgehead atoms. The van der Waals surface area contributed by atoms with Gasteiger partial charge in [0.25, 0.3) is 0 Å². The van der Waals surface area contributed by atoms with Gasteiger partial charge in [-0.3, -0.25) is 4.68 Å². The number of likely N-dealkylation sites (N-methyl/N-ethyl adjacent to an activating group) is 1. The van der Waals surface area contributed by atoms with Gasteiger partial charge in [0.15, 0.2) is 0 Å². The lowest BCUT2D eigenvalue weighted by atomic mass is 10.2. The monoisotopic (exact) mass is 271 g/mol. The summed E-state index contributed by atoms with van der Waals surface area (Å²) in [6.45, 7) is 4.94. The molecule has 18 heavy (non-hydrogen) atoms. The second-order valence-electron chi connectivity index (χ2n) is 4.50. The molecule has 1 heterocycles. The zero-order chi connectivity index (χ0) is 13.4. The summed E-state index contributed by atoms with van der Waals surface area (Å²) in [7, 11) is 4.11. The Morgan fingerprint density at radius 2 is 2.33 bits per heavy atom. The van der Waals surface area contributed by atoms with E-state index in [1.807, 2.05) is 29.7 Å². The normalized spacial score (nSPS) is 13.2. The highest BCUT2D eigenvalue weighted by Gasteiger charge is 2.11. The Bertz CT molecular complexity index is 328. The molecule has 1 aromatic heterocycles. The van der Waals surface area contributed by atoms with E-state index in [9.17, 15) is 0 Å². The fourth-order valence-electron chi connectivity index (χ4n) is 1.90. The quantitative estimate of drug-likeness (QED) is 0.728. The molecule has 0 aromatic carbocycles. The highest BCUT2D eigenvalue weighted by atomic mass is 32.2. The third kappa shape index (κ3) is 4.96. The van der Waals surface area contributed by atoms with Gasteiger partial charge in [-0.2, -0.15) is 11.8 Å². The number of nitrogens with one attached hydrogen (secondary N) is 1. The number of hydrogen-bond acceptors (Lipinski definition) is 5. The van der Waals surface area contributed by atoms with Gasteiger partial charge in [-0.15, -0.1) is 5.10 Å². The van der Waals surface area contributed by atoms with Crippen LogP contribution < -0.4 is 5.32 Å². The summed E-state index contributed by atoms with van der Waals surface area (Å²) in [6, 6.07) is 0.653. The van der Waals surface area contributed by atoms with E-state index in [1.54, 1.807) is 0 Å². The molecule has 1 unspecified atom stereocenters. The summed E-state index contributed by atoms with van der Waals surface area (Å²) < 4.78 is 1.93. The van der Waals surface area contributed by atoms with Gasteiger partial charge < -0.3 is 10.2 Å². The van der Waals surface area contributed by atoms with E-state index in [2.05, 4.69) is 40.8 Å². The average Bonchev–Trinajstić information content (AvgIpc) is 2.81. The maximum absolute atomic E-state index is 4.13. The Kier molecular flexibility index (Phi) is 7.31. The summed E-state index contributed by atoms with van der Waals surface area (Å²) in [6.07, 6.45) is 5.37. The second-order valence-corrected chi connectivity index (χ2v) is 5.41. The van der Waals surface area contributed by atoms with Crippen molar-refractivity contribution in [2.45, 2.75) is 32.5 Å². The van der Waals surface area contributed by atoms with Gasteiger partial charge >= 0.3 is 0 Å². The molecule has 0 saturated carbocycles. The van der Waals surface area contributed by atoms with Gasteiger partial charge in [0, 0.05) is 31.1 Å². The Hall–Kier alpha value is -0.590. The molecule has 0 saturated heterocycles. The van der Waals surface area contributed by atoms with Gasteiger partial charge in [-0.05, 0) is 26.8 Å². The number of thioether (sulfide) groups is 1. The van der Waals surface area contributed by atoms with Gasteiger partial charge in [-0.1, -0.05) is 12.1 Å². The molecule has 6 heteroatoms. The van der Waals surface area contributed by atoms with Crippen LogP contribution >= 0.6 is 11.8 Å². The van der Waals surface area contributed by atoms with Crippen molar-refractivity contribution in [1.82, 2.24) is 25.2 Å². The SMILES string of the molecule is CCC(CSC)N(C)CCn1cc(CNC)nn1. The minimum atomic E-state index is 0.653. The largest absolute Gasteiger partial charge is 0.314 e. The summed E-state index contributed by atoms with van der Waals surface area (Å²) in [5, 5.41) is 11.3. The van der Waals surface area contributed by atoms with Crippen LogP contribution in [-0.2, 0) is 13.1 Å². The maximum atomic E-state index is 4.13. The molecule has 104 valence electrons. The first-order valence-electron chi connectivity index (χ1n) is 6.44. The van der Waals surface area contributed by atoms with Crippen LogP contribution in [0.25, 0.3) is 0 Å². The smallest absolute Gasteiger partial charge is 0.0964 e. The van der Waals surface area contributed by atoms with Crippen LogP contribution in [0.4, 0.5) is 0 Å². The Morgan fingerprint density at radius 3 is 2.94 bits per heavy atom. The number of rotatable bonds is 9. The van der Waals surface area contributed by atoms with Gasteiger partial charge in [0.05, 0.1) is 12.2 Å². The summed E-state index contributed by atoms with van der Waals surface area (Å²) in [4.78, 5) is 2.41. The molecule has 1 rings (SSSR count). The van der Waals surface area contributed by atoms with Gasteiger partial charge in [-0.25, -0.2) is 0 Å². The van der Waals surface area contributed by atoms with E-state index < -0.39 is 0 Å². The number of aromatic nitrogens is 3. The van der Waals surface area contributed by atoms with E-state index in [0.29, 0.717) is 6.04 Å². The van der Waals surface area contributed by atoms with Crippen LogP contribution in [0.1, 0.15) is 19.0 Å². The molecule has 0 amide bonds. The van der Waals surface area contributed by atoms with Crippen LogP contribution in [0.15, 0.2) is 6.20 Å². The Balaban J connectivity index is 2.38. The topological polar surface area (TPSA) is 46.0 Å². The average molecular weight is 271 g/mol. The molecule has 1 N–H and O–H groups in total. The van der Waals surface area contributed by atoms with E-state index in [0.717, 1.165) is 25.3 Å². The van der Waals surface area contributed by atoms with E-state index >= 15 is 0 Å². The fourth-order valence-corrected chi connectivity index (χ4v) is 2.78. The molecular weight excluding hydrogens is 246 g/mol. The van der Waals surface area contributed by atoms with Crippen molar-refractivity contribution in [2.24, 2.45) is 0 Å². The third-order valence-corrected chi connectivity index (χ3v) is 3.80. The minimum absolute atomic E-state index is 0.653. The van der Waals surface area contributed by atoms with Crippen LogP contribution in [-0.4, -0.2) is 58.6 Å². The molecule has 0 fully saturated rings. The number of hydrogen-bond donors (Lipinski definition) is 1. The molecule has 1 atom stereocenters. The predicted octanol–water partition coefficient (Wildman–Crippen LogP) is 1.07. The summed E-state index contributed by atoms with van der Waals surface area (Å²) in [5.74, 6) is 1.19. The first-order valence-corrected chi connectivity index (χ1v) is 7.83. The lowest BCUT2D eigenvalue weighted by molar-refractivity contribution is 0.242. The predicted molar refractivity (Wildman–Crippen MR) is 77.9 cm³/mol. The molecule has 0 radical (unpaired) electrons. The van der Waals surface area contributed by atoms with Crippen LogP contribution in [0.2, 0.25) is 0 Å². The lowest BCUT2D eigenvalue weighted by Gasteiger charge is -2.26. The third-order valence-electron chi connectivity index (χ3n) is 3.08. The highest BCUT2D eigenvalue weighted by Crippen LogP contribution is 2.08. The van der Waals surface area contributed by atoms with Gasteiger partial charge in [0.1, 0.15) is 0 Å².